The van der Waals surface area contributed by atoms with Gasteiger partial charge in [0.05, 0.1) is 17.5 Å². The summed E-state index contributed by atoms with van der Waals surface area (Å²) in [6, 6.07) is 14.7. The van der Waals surface area contributed by atoms with Gasteiger partial charge in [-0.25, -0.2) is 8.42 Å². The van der Waals surface area contributed by atoms with Crippen LogP contribution in [-0.4, -0.2) is 25.6 Å². The summed E-state index contributed by atoms with van der Waals surface area (Å²) in [6.45, 7) is 0. The zero-order valence-corrected chi connectivity index (χ0v) is 15.6. The molecule has 1 fully saturated rings. The maximum absolute atomic E-state index is 12.0. The lowest BCUT2D eigenvalue weighted by Gasteiger charge is -2.22. The SMILES string of the molecule is CS(=O)(=O)Nc1cc(C2(c3ccccc3C(N)=O)CC2)c2cccnc2c1. The molecule has 0 bridgehead atoms. The standard InChI is InChI=1S/C20H19N3O3S/c1-27(25,26)23-13-11-17(14-6-4-10-22-18(14)12-13)20(8-9-20)16-7-3-2-5-15(16)19(21)24/h2-7,10-12,23H,8-9H2,1H3,(H2,21,24). The fourth-order valence-electron chi connectivity index (χ4n) is 3.78. The van der Waals surface area contributed by atoms with Gasteiger partial charge in [-0.15, -0.1) is 0 Å². The minimum atomic E-state index is -3.43. The van der Waals surface area contributed by atoms with Crippen LogP contribution in [-0.2, 0) is 15.4 Å². The van der Waals surface area contributed by atoms with Crippen LogP contribution in [0.25, 0.3) is 10.9 Å². The van der Waals surface area contributed by atoms with Gasteiger partial charge in [0, 0.05) is 22.6 Å². The van der Waals surface area contributed by atoms with Gasteiger partial charge in [-0.1, -0.05) is 24.3 Å². The van der Waals surface area contributed by atoms with Crippen molar-refractivity contribution in [2.45, 2.75) is 18.3 Å². The van der Waals surface area contributed by atoms with E-state index in [1.165, 1.54) is 0 Å². The second-order valence-electron chi connectivity index (χ2n) is 6.96. The summed E-state index contributed by atoms with van der Waals surface area (Å²) in [4.78, 5) is 16.4. The van der Waals surface area contributed by atoms with E-state index in [2.05, 4.69) is 9.71 Å². The van der Waals surface area contributed by atoms with Crippen LogP contribution in [0.15, 0.2) is 54.7 Å². The van der Waals surface area contributed by atoms with Gasteiger partial charge in [-0.05, 0) is 48.2 Å². The average molecular weight is 381 g/mol. The topological polar surface area (TPSA) is 102 Å². The molecule has 0 unspecified atom stereocenters. The summed E-state index contributed by atoms with van der Waals surface area (Å²) in [5.74, 6) is -0.468. The fourth-order valence-corrected chi connectivity index (χ4v) is 4.32. The lowest BCUT2D eigenvalue weighted by atomic mass is 9.82. The molecule has 0 aliphatic heterocycles. The summed E-state index contributed by atoms with van der Waals surface area (Å²) in [7, 11) is -3.43. The maximum atomic E-state index is 12.0. The number of nitrogens with zero attached hydrogens (tertiary/aromatic N) is 1. The molecule has 7 heteroatoms. The van der Waals surface area contributed by atoms with E-state index in [4.69, 9.17) is 5.73 Å². The monoisotopic (exact) mass is 381 g/mol. The molecule has 6 nitrogen and oxygen atoms in total. The highest BCUT2D eigenvalue weighted by Gasteiger charge is 2.48. The zero-order valence-electron chi connectivity index (χ0n) is 14.8. The number of hydrogen-bond donors (Lipinski definition) is 2. The molecule has 1 heterocycles. The molecule has 138 valence electrons. The van der Waals surface area contributed by atoms with Crippen LogP contribution in [0.4, 0.5) is 5.69 Å². The summed E-state index contributed by atoms with van der Waals surface area (Å²) in [5.41, 5.74) is 8.70. The van der Waals surface area contributed by atoms with Crippen molar-refractivity contribution in [3.05, 3.63) is 71.4 Å². The molecule has 1 amide bonds. The van der Waals surface area contributed by atoms with E-state index in [0.717, 1.165) is 35.6 Å². The normalized spacial score (nSPS) is 15.4. The second-order valence-corrected chi connectivity index (χ2v) is 8.71. The van der Waals surface area contributed by atoms with Gasteiger partial charge in [0.15, 0.2) is 0 Å². The number of carbonyl (C=O) groups excluding carboxylic acids is 1. The predicted molar refractivity (Wildman–Crippen MR) is 105 cm³/mol. The highest BCUT2D eigenvalue weighted by molar-refractivity contribution is 7.92. The van der Waals surface area contributed by atoms with Gasteiger partial charge in [0.2, 0.25) is 15.9 Å². The van der Waals surface area contributed by atoms with Crippen LogP contribution in [0.3, 0.4) is 0 Å². The molecular formula is C20H19N3O3S. The average Bonchev–Trinajstić information content (AvgIpc) is 3.41. The number of nitrogens with one attached hydrogen (secondary N) is 1. The lowest BCUT2D eigenvalue weighted by Crippen LogP contribution is -2.20. The van der Waals surface area contributed by atoms with E-state index in [-0.39, 0.29) is 5.41 Å². The van der Waals surface area contributed by atoms with E-state index >= 15 is 0 Å². The van der Waals surface area contributed by atoms with Gasteiger partial charge in [0.1, 0.15) is 0 Å². The van der Waals surface area contributed by atoms with E-state index in [0.29, 0.717) is 16.8 Å². The molecule has 1 saturated carbocycles. The molecule has 1 aromatic heterocycles. The second kappa shape index (κ2) is 6.06. The Morgan fingerprint density at radius 2 is 1.85 bits per heavy atom. The van der Waals surface area contributed by atoms with Crippen LogP contribution >= 0.6 is 0 Å². The van der Waals surface area contributed by atoms with Crippen molar-refractivity contribution in [1.82, 2.24) is 4.98 Å². The number of rotatable bonds is 5. The number of benzene rings is 2. The summed E-state index contributed by atoms with van der Waals surface area (Å²) in [6.07, 6.45) is 4.49. The Labute approximate surface area is 157 Å². The Bertz CT molecular complexity index is 1170. The zero-order chi connectivity index (χ0) is 19.2. The Kier molecular flexibility index (Phi) is 3.92. The third-order valence-corrected chi connectivity index (χ3v) is 5.60. The van der Waals surface area contributed by atoms with Crippen LogP contribution in [0.5, 0.6) is 0 Å². The molecule has 1 aliphatic rings. The number of aromatic nitrogens is 1. The summed E-state index contributed by atoms with van der Waals surface area (Å²) >= 11 is 0. The fraction of sp³-hybridized carbons (Fsp3) is 0.200. The molecule has 27 heavy (non-hydrogen) atoms. The number of nitrogens with two attached hydrogens (primary N) is 1. The first kappa shape index (κ1) is 17.5. The number of primary amides is 1. The third-order valence-electron chi connectivity index (χ3n) is 5.00. The van der Waals surface area contributed by atoms with Crippen LogP contribution in [0, 0.1) is 0 Å². The number of hydrogen-bond acceptors (Lipinski definition) is 4. The molecule has 1 aliphatic carbocycles. The van der Waals surface area contributed by atoms with Crippen molar-refractivity contribution in [2.75, 3.05) is 11.0 Å². The van der Waals surface area contributed by atoms with Gasteiger partial charge >= 0.3 is 0 Å². The third kappa shape index (κ3) is 3.14. The highest BCUT2D eigenvalue weighted by Crippen LogP contribution is 2.56. The minimum Gasteiger partial charge on any atom is -0.366 e. The van der Waals surface area contributed by atoms with E-state index in [9.17, 15) is 13.2 Å². The first-order valence-corrected chi connectivity index (χ1v) is 10.5. The van der Waals surface area contributed by atoms with E-state index in [1.54, 1.807) is 24.4 Å². The highest BCUT2D eigenvalue weighted by atomic mass is 32.2. The number of sulfonamides is 1. The molecule has 4 rings (SSSR count). The van der Waals surface area contributed by atoms with Crippen molar-refractivity contribution in [3.8, 4) is 0 Å². The Hall–Kier alpha value is -2.93. The molecule has 3 aromatic rings. The number of pyridine rings is 1. The minimum absolute atomic E-state index is 0.373. The molecule has 2 aromatic carbocycles. The number of amides is 1. The van der Waals surface area contributed by atoms with E-state index in [1.807, 2.05) is 30.3 Å². The van der Waals surface area contributed by atoms with Crippen LogP contribution < -0.4 is 10.5 Å². The Morgan fingerprint density at radius 3 is 2.52 bits per heavy atom. The van der Waals surface area contributed by atoms with Crippen LogP contribution in [0.1, 0.15) is 34.3 Å². The van der Waals surface area contributed by atoms with Crippen molar-refractivity contribution in [3.63, 3.8) is 0 Å². The quantitative estimate of drug-likeness (QED) is 0.709. The lowest BCUT2D eigenvalue weighted by molar-refractivity contribution is 0.0999. The van der Waals surface area contributed by atoms with Crippen molar-refractivity contribution in [1.29, 1.82) is 0 Å². The predicted octanol–water partition coefficient (Wildman–Crippen LogP) is 2.79. The van der Waals surface area contributed by atoms with Gasteiger partial charge in [-0.2, -0.15) is 0 Å². The first-order chi connectivity index (χ1) is 12.8. The largest absolute Gasteiger partial charge is 0.366 e. The number of fused-ring (bicyclic) bond motifs is 1. The van der Waals surface area contributed by atoms with Crippen LogP contribution in [0.2, 0.25) is 0 Å². The first-order valence-electron chi connectivity index (χ1n) is 8.56. The number of anilines is 1. The van der Waals surface area contributed by atoms with Crippen molar-refractivity contribution >= 4 is 32.5 Å². The number of carbonyl (C=O) groups is 1. The molecule has 0 radical (unpaired) electrons. The summed E-state index contributed by atoms with van der Waals surface area (Å²) in [5, 5.41) is 0.938. The van der Waals surface area contributed by atoms with Gasteiger partial charge in [-0.3, -0.25) is 14.5 Å². The Morgan fingerprint density at radius 1 is 1.11 bits per heavy atom. The summed E-state index contributed by atoms with van der Waals surface area (Å²) < 4.78 is 26.0. The van der Waals surface area contributed by atoms with Gasteiger partial charge in [0.25, 0.3) is 0 Å². The van der Waals surface area contributed by atoms with E-state index < -0.39 is 15.9 Å². The molecule has 0 saturated heterocycles. The van der Waals surface area contributed by atoms with Crippen molar-refractivity contribution < 1.29 is 13.2 Å². The molecule has 3 N–H and O–H groups in total. The van der Waals surface area contributed by atoms with Gasteiger partial charge < -0.3 is 5.73 Å². The molecule has 0 spiro atoms. The molecular weight excluding hydrogens is 362 g/mol. The smallest absolute Gasteiger partial charge is 0.249 e. The Balaban J connectivity index is 1.97. The van der Waals surface area contributed by atoms with Crippen molar-refractivity contribution in [2.24, 2.45) is 5.73 Å². The maximum Gasteiger partial charge on any atom is 0.249 e. The molecule has 0 atom stereocenters.